The molecular weight excluding hydrogens is 1130 g/mol. The fourth-order valence-electron chi connectivity index (χ4n) is 12.3. The van der Waals surface area contributed by atoms with Crippen molar-refractivity contribution < 1.29 is 75.3 Å². The van der Waals surface area contributed by atoms with Crippen LogP contribution in [0, 0.1) is 0 Å². The number of carbonyl (C=O) groups is 2. The Balaban J connectivity index is 0.629. The second-order valence-electron chi connectivity index (χ2n) is 21.5. The van der Waals surface area contributed by atoms with Gasteiger partial charge in [0.25, 0.3) is 19.3 Å². The fraction of sp³-hybridized carbons (Fsp3) is 0.509. The van der Waals surface area contributed by atoms with Gasteiger partial charge in [0.15, 0.2) is 17.4 Å². The molecule has 8 N–H and O–H groups in total. The third-order valence-corrected chi connectivity index (χ3v) is 20.1. The first kappa shape index (κ1) is 58.1. The molecule has 2 aromatic heterocycles. The maximum Gasteiger partial charge on any atom is 0.487 e. The van der Waals surface area contributed by atoms with Crippen LogP contribution < -0.4 is 46.3 Å². The van der Waals surface area contributed by atoms with Gasteiger partial charge in [-0.3, -0.25) is 33.0 Å². The quantitative estimate of drug-likeness (QED) is 0.0292. The summed E-state index contributed by atoms with van der Waals surface area (Å²) in [5, 5.41) is 26.4. The van der Waals surface area contributed by atoms with Crippen LogP contribution in [0.1, 0.15) is 114 Å². The number of aromatic amines is 1. The SMILES string of the molecule is CN(CCCC(=O)NCCCCCCOP(=O)([O-])OP(=O)(O)OP(=O)(O)OC[C@H]1O[C@@H](n2cnc3c(=O)[nH]c(N)nc32)[C@H](O)[C@@H]1O)C(=O)c1ccccc1C1=c2cc3c4c(c2Oc2c1cc1c5c2CCCN5CCC1)CCC[N+]=4CCC3. The maximum atomic E-state index is 14.6. The first-order valence-corrected chi connectivity index (χ1v) is 32.2. The number of phosphoric acid groups is 3. The summed E-state index contributed by atoms with van der Waals surface area (Å²) in [7, 11) is -15.3. The Kier molecular flexibility index (Phi) is 16.8. The van der Waals surface area contributed by atoms with Gasteiger partial charge in [0, 0.05) is 91.2 Å². The summed E-state index contributed by atoms with van der Waals surface area (Å²) in [6.07, 6.45) is 4.94. The number of ether oxygens (including phenoxy) is 2. The van der Waals surface area contributed by atoms with Crippen LogP contribution in [0.3, 0.4) is 0 Å². The number of hydrogen-bond acceptors (Lipinski definition) is 19. The second kappa shape index (κ2) is 23.8. The lowest BCUT2D eigenvalue weighted by Crippen LogP contribution is -2.45. The predicted molar refractivity (Wildman–Crippen MR) is 294 cm³/mol. The number of H-pyrrole nitrogens is 1. The Hall–Kier alpha value is -5.69. The van der Waals surface area contributed by atoms with E-state index >= 15 is 0 Å². The number of hydrogen-bond donors (Lipinski definition) is 7. The Bertz CT molecular complexity index is 3680. The van der Waals surface area contributed by atoms with Crippen LogP contribution in [0.4, 0.5) is 11.6 Å². The minimum Gasteiger partial charge on any atom is -0.756 e. The van der Waals surface area contributed by atoms with Gasteiger partial charge < -0.3 is 59.7 Å². The molecule has 2 amide bonds. The highest BCUT2D eigenvalue weighted by atomic mass is 31.3. The minimum atomic E-state index is -5.89. The van der Waals surface area contributed by atoms with E-state index < -0.39 is 66.8 Å². The van der Waals surface area contributed by atoms with Gasteiger partial charge in [0.1, 0.15) is 42.9 Å². The minimum absolute atomic E-state index is 0.126. The van der Waals surface area contributed by atoms with Crippen molar-refractivity contribution in [2.75, 3.05) is 70.2 Å². The van der Waals surface area contributed by atoms with Crippen molar-refractivity contribution in [3.05, 3.63) is 103 Å². The molecule has 6 aliphatic rings. The lowest BCUT2D eigenvalue weighted by molar-refractivity contribution is -0.218. The molecule has 0 spiro atoms. The standard InChI is InChI=1S/C53H66N9O17P3/c1-59(51(67)34-16-5-4-15-33(34)41-37-27-31-13-8-22-60-24-10-17-35(43(31)60)47(37)77-48-36-18-11-25-61-23-9-14-32(44(36)61)28-38(41)48)21-12-19-40(63)55-20-6-2-3-7-26-74-80(68,69)78-82(72,73)79-81(70,71)75-29-39-45(64)46(65)52(76-39)62-30-56-42-49(62)57-53(54)58-50(42)66/h4-5,15-16,27-28,30,39,45-46,52,64-65H,2-3,6-14,17-26,29H2,1H3,(H6-,54,55,57,58,63,66,68,69,70,71,72,73)/t39-,45-,46-,52-/m1/s1. The number of amides is 2. The average Bonchev–Trinajstić information content (AvgIpc) is 1.57. The average molecular weight is 1190 g/mol. The number of benzene rings is 3. The monoisotopic (exact) mass is 1190 g/mol. The number of aliphatic hydroxyl groups excluding tert-OH is 2. The molecule has 7 atom stereocenters. The van der Waals surface area contributed by atoms with Crippen molar-refractivity contribution >= 4 is 63.7 Å². The fourth-order valence-corrected chi connectivity index (χ4v) is 15.8. The number of nitrogens with one attached hydrogen (secondary N) is 2. The zero-order valence-corrected chi connectivity index (χ0v) is 47.8. The molecule has 26 nitrogen and oxygen atoms in total. The Morgan fingerprint density at radius 3 is 2.46 bits per heavy atom. The molecule has 0 radical (unpaired) electrons. The third-order valence-electron chi connectivity index (χ3n) is 15.9. The molecule has 11 rings (SSSR count). The van der Waals surface area contributed by atoms with Crippen molar-refractivity contribution in [2.45, 2.75) is 114 Å². The lowest BCUT2D eigenvalue weighted by atomic mass is 9.81. The number of nitrogens with two attached hydrogens (primary N) is 1. The van der Waals surface area contributed by atoms with Crippen molar-refractivity contribution in [1.82, 2.24) is 34.3 Å². The topological polar surface area (TPSA) is 356 Å². The van der Waals surface area contributed by atoms with Crippen LogP contribution in [-0.4, -0.2) is 134 Å². The van der Waals surface area contributed by atoms with E-state index in [0.717, 1.165) is 122 Å². The molecule has 5 aromatic rings. The van der Waals surface area contributed by atoms with Crippen molar-refractivity contribution in [2.24, 2.45) is 0 Å². The normalized spacial score (nSPS) is 22.0. The Labute approximate surface area is 470 Å². The second-order valence-corrected chi connectivity index (χ2v) is 26.1. The van der Waals surface area contributed by atoms with Crippen molar-refractivity contribution in [3.8, 4) is 11.5 Å². The van der Waals surface area contributed by atoms with E-state index in [1.54, 1.807) is 11.9 Å². The smallest absolute Gasteiger partial charge is 0.487 e. The molecule has 6 aliphatic heterocycles. The van der Waals surface area contributed by atoms with E-state index in [1.165, 1.54) is 33.3 Å². The number of aryl methyl sites for hydroxylation is 2. The number of anilines is 2. The van der Waals surface area contributed by atoms with Crippen LogP contribution in [0.2, 0.25) is 0 Å². The molecule has 3 aromatic carbocycles. The maximum absolute atomic E-state index is 14.6. The molecule has 0 aliphatic carbocycles. The highest BCUT2D eigenvalue weighted by Gasteiger charge is 2.47. The van der Waals surface area contributed by atoms with E-state index in [4.69, 9.17) is 15.2 Å². The molecule has 1 fully saturated rings. The van der Waals surface area contributed by atoms with Gasteiger partial charge in [-0.25, -0.2) is 23.0 Å². The summed E-state index contributed by atoms with van der Waals surface area (Å²) in [6.45, 7) is 3.32. The first-order chi connectivity index (χ1) is 39.3. The summed E-state index contributed by atoms with van der Waals surface area (Å²) in [5.74, 6) is 1.23. The summed E-state index contributed by atoms with van der Waals surface area (Å²) in [6, 6.07) is 12.5. The van der Waals surface area contributed by atoms with Gasteiger partial charge in [0.05, 0.1) is 25.1 Å². The largest absolute Gasteiger partial charge is 0.756 e. The number of nitrogen functional groups attached to an aromatic ring is 1. The Morgan fingerprint density at radius 1 is 0.902 bits per heavy atom. The molecule has 8 heterocycles. The van der Waals surface area contributed by atoms with Crippen molar-refractivity contribution in [1.29, 1.82) is 0 Å². The first-order valence-electron chi connectivity index (χ1n) is 27.7. The van der Waals surface area contributed by atoms with Crippen LogP contribution >= 0.6 is 23.5 Å². The van der Waals surface area contributed by atoms with Crippen LogP contribution in [0.25, 0.3) is 16.7 Å². The van der Waals surface area contributed by atoms with E-state index in [9.17, 15) is 53.0 Å². The number of aliphatic hydroxyl groups is 2. The van der Waals surface area contributed by atoms with Gasteiger partial charge in [0.2, 0.25) is 17.2 Å². The van der Waals surface area contributed by atoms with Gasteiger partial charge in [-0.15, -0.1) is 0 Å². The van der Waals surface area contributed by atoms with Crippen LogP contribution in [0.5, 0.6) is 11.5 Å². The van der Waals surface area contributed by atoms with E-state index in [0.29, 0.717) is 44.3 Å². The number of unbranched alkanes of at least 4 members (excludes halogenated alkanes) is 3. The number of imidazole rings is 1. The van der Waals surface area contributed by atoms with Crippen LogP contribution in [-0.2, 0) is 66.6 Å². The number of nitrogens with zero attached hydrogens (tertiary/aromatic N) is 6. The highest BCUT2D eigenvalue weighted by molar-refractivity contribution is 7.66. The molecule has 0 bridgehead atoms. The summed E-state index contributed by atoms with van der Waals surface area (Å²) in [4.78, 5) is 86.4. The molecule has 0 saturated carbocycles. The molecule has 1 saturated heterocycles. The third kappa shape index (κ3) is 12.0. The van der Waals surface area contributed by atoms with E-state index in [-0.39, 0.29) is 41.8 Å². The summed E-state index contributed by atoms with van der Waals surface area (Å²) < 4.78 is 71.2. The Morgan fingerprint density at radius 2 is 1.65 bits per heavy atom. The number of phosphoric ester groups is 2. The van der Waals surface area contributed by atoms with Gasteiger partial charge in [-0.2, -0.15) is 9.29 Å². The molecule has 29 heteroatoms. The molecular formula is C53H66N9O17P3. The van der Waals surface area contributed by atoms with Gasteiger partial charge in [-0.05, 0) is 87.1 Å². The molecule has 440 valence electrons. The molecule has 82 heavy (non-hydrogen) atoms. The number of rotatable bonds is 22. The zero-order valence-electron chi connectivity index (χ0n) is 45.1. The van der Waals surface area contributed by atoms with E-state index in [2.05, 4.69) is 65.6 Å². The number of carbonyl (C=O) groups excluding carboxylic acids is 2. The zero-order chi connectivity index (χ0) is 57.7. The summed E-state index contributed by atoms with van der Waals surface area (Å²) >= 11 is 0. The predicted octanol–water partition coefficient (Wildman–Crippen LogP) is 2.72. The molecule has 3 unspecified atom stereocenters. The highest BCUT2D eigenvalue weighted by Crippen LogP contribution is 2.66. The van der Waals surface area contributed by atoms with Crippen LogP contribution in [0.15, 0.2) is 47.5 Å². The summed E-state index contributed by atoms with van der Waals surface area (Å²) in [5.41, 5.74) is 14.7. The number of fused-ring (bicyclic) bond motifs is 5. The van der Waals surface area contributed by atoms with Gasteiger partial charge in [-0.1, -0.05) is 31.0 Å². The lowest BCUT2D eigenvalue weighted by Gasteiger charge is -2.39. The van der Waals surface area contributed by atoms with Gasteiger partial charge >= 0.3 is 15.6 Å². The van der Waals surface area contributed by atoms with Crippen molar-refractivity contribution in [3.63, 3.8) is 0 Å². The number of aromatic nitrogens is 4. The van der Waals surface area contributed by atoms with E-state index in [1.807, 2.05) is 18.2 Å².